The minimum Gasteiger partial charge on any atom is -0.491 e. The molecule has 3 aromatic rings. The molecule has 4 heterocycles. The Kier molecular flexibility index (Phi) is 8.26. The van der Waals surface area contributed by atoms with Gasteiger partial charge in [-0.25, -0.2) is 31.3 Å². The van der Waals surface area contributed by atoms with Crippen LogP contribution in [0.5, 0.6) is 5.75 Å². The lowest BCUT2D eigenvalue weighted by atomic mass is 9.88. The molecule has 1 aromatic carbocycles. The molecule has 2 atom stereocenters. The van der Waals surface area contributed by atoms with Gasteiger partial charge in [0, 0.05) is 45.0 Å². The summed E-state index contributed by atoms with van der Waals surface area (Å²) in [5, 5.41) is 13.7. The first-order valence-corrected chi connectivity index (χ1v) is 16.1. The molecule has 2 aliphatic heterocycles. The van der Waals surface area contributed by atoms with E-state index in [2.05, 4.69) is 20.0 Å². The average Bonchev–Trinajstić information content (AvgIpc) is 3.50. The van der Waals surface area contributed by atoms with Crippen molar-refractivity contribution in [1.82, 2.24) is 28.9 Å². The topological polar surface area (TPSA) is 185 Å². The van der Waals surface area contributed by atoms with Crippen molar-refractivity contribution in [3.05, 3.63) is 47.0 Å². The van der Waals surface area contributed by atoms with E-state index in [1.165, 1.54) is 40.3 Å². The number of aliphatic hydroxyl groups excluding tert-OH is 1. The number of hydrogen-bond acceptors (Lipinski definition) is 10. The summed E-state index contributed by atoms with van der Waals surface area (Å²) in [4.78, 5) is 18.7. The number of rotatable bonds is 10. The van der Waals surface area contributed by atoms with Crippen LogP contribution in [0.3, 0.4) is 0 Å². The summed E-state index contributed by atoms with van der Waals surface area (Å²) in [6.45, 7) is 1.23. The fraction of sp³-hybridized carbons (Fsp3) is 0.520. The van der Waals surface area contributed by atoms with Crippen molar-refractivity contribution in [3.63, 3.8) is 0 Å². The minimum absolute atomic E-state index is 0.0154. The fourth-order valence-corrected chi connectivity index (χ4v) is 7.40. The maximum atomic E-state index is 13.3. The number of H-pyrrole nitrogens is 1. The molecule has 0 bridgehead atoms. The maximum absolute atomic E-state index is 13.3. The highest BCUT2D eigenvalue weighted by Gasteiger charge is 2.44. The number of nitrogens with one attached hydrogen (secondary N) is 3. The van der Waals surface area contributed by atoms with Crippen LogP contribution in [0.2, 0.25) is 0 Å². The average molecular weight is 611 g/mol. The van der Waals surface area contributed by atoms with Gasteiger partial charge in [0.05, 0.1) is 22.6 Å². The van der Waals surface area contributed by atoms with Gasteiger partial charge in [-0.2, -0.15) is 4.31 Å². The molecule has 2 unspecified atom stereocenters. The van der Waals surface area contributed by atoms with Crippen LogP contribution >= 0.6 is 0 Å². The van der Waals surface area contributed by atoms with E-state index in [0.717, 1.165) is 0 Å². The first-order chi connectivity index (χ1) is 19.4. The Hall–Kier alpha value is -2.86. The lowest BCUT2D eigenvalue weighted by molar-refractivity contribution is -0.0312. The third-order valence-electron chi connectivity index (χ3n) is 7.68. The van der Waals surface area contributed by atoms with E-state index < -0.39 is 31.8 Å². The number of pyridine rings is 1. The number of imidazole rings is 1. The first-order valence-electron chi connectivity index (χ1n) is 13.2. The molecule has 2 fully saturated rings. The summed E-state index contributed by atoms with van der Waals surface area (Å²) < 4.78 is 67.3. The van der Waals surface area contributed by atoms with Gasteiger partial charge in [-0.3, -0.25) is 9.55 Å². The molecule has 16 heteroatoms. The predicted molar refractivity (Wildman–Crippen MR) is 149 cm³/mol. The minimum atomic E-state index is -3.80. The van der Waals surface area contributed by atoms with Gasteiger partial charge in [0.1, 0.15) is 23.4 Å². The molecule has 5 rings (SSSR count). The van der Waals surface area contributed by atoms with Gasteiger partial charge in [-0.05, 0) is 44.5 Å². The largest absolute Gasteiger partial charge is 0.491 e. The number of aliphatic hydroxyl groups is 1. The Bertz CT molecular complexity index is 1680. The van der Waals surface area contributed by atoms with Gasteiger partial charge in [-0.1, -0.05) is 6.07 Å². The third-order valence-corrected chi connectivity index (χ3v) is 11.0. The Morgan fingerprint density at radius 3 is 2.71 bits per heavy atom. The second-order valence-electron chi connectivity index (χ2n) is 10.4. The Morgan fingerprint density at radius 2 is 1.98 bits per heavy atom. The van der Waals surface area contributed by atoms with E-state index in [1.54, 1.807) is 19.2 Å². The van der Waals surface area contributed by atoms with Crippen molar-refractivity contribution in [2.45, 2.75) is 46.8 Å². The zero-order valence-corrected chi connectivity index (χ0v) is 24.4. The summed E-state index contributed by atoms with van der Waals surface area (Å²) in [5.74, 6) is 0.332. The number of hydrogen-bond donors (Lipinski definition) is 4. The first kappa shape index (κ1) is 29.6. The molecule has 2 aliphatic rings. The van der Waals surface area contributed by atoms with Gasteiger partial charge in [0.2, 0.25) is 20.0 Å². The second kappa shape index (κ2) is 11.4. The summed E-state index contributed by atoms with van der Waals surface area (Å²) in [7, 11) is -4.52. The third kappa shape index (κ3) is 6.18. The molecule has 1 spiro atoms. The number of benzene rings is 1. The quantitative estimate of drug-likeness (QED) is 0.234. The van der Waals surface area contributed by atoms with Gasteiger partial charge in [-0.15, -0.1) is 0 Å². The van der Waals surface area contributed by atoms with Crippen molar-refractivity contribution >= 4 is 31.2 Å². The van der Waals surface area contributed by atoms with Gasteiger partial charge >= 0.3 is 5.69 Å². The zero-order chi connectivity index (χ0) is 29.4. The van der Waals surface area contributed by atoms with Crippen LogP contribution in [-0.2, 0) is 31.8 Å². The highest BCUT2D eigenvalue weighted by molar-refractivity contribution is 7.89. The number of sulfonamides is 2. The number of aryl methyl sites for hydroxylation is 1. The molecule has 224 valence electrons. The standard InChI is InChI=1S/C25H34N6O8S2/c1-26-40(34,35)20-5-3-4-19(10-20)38-16-18(32)13-27-17-12-25(39-15-17)6-8-31(9-7-25)41(36,37)21-11-22-23(28-14-21)29-24(33)30(22)2/h3-5,10-11,14,17-18,26-27,32H,6-9,12-13,15-16H2,1-2H3,(H,28,29,33). The Labute approximate surface area is 237 Å². The van der Waals surface area contributed by atoms with E-state index in [4.69, 9.17) is 9.47 Å². The summed E-state index contributed by atoms with van der Waals surface area (Å²) in [5.41, 5.74) is -0.0636. The van der Waals surface area contributed by atoms with Crippen molar-refractivity contribution in [2.24, 2.45) is 7.05 Å². The molecular formula is C25H34N6O8S2. The van der Waals surface area contributed by atoms with Crippen LogP contribution in [0.25, 0.3) is 11.2 Å². The normalized spacial score (nSPS) is 20.5. The van der Waals surface area contributed by atoms with Crippen LogP contribution in [0.1, 0.15) is 19.3 Å². The second-order valence-corrected chi connectivity index (χ2v) is 14.2. The molecule has 41 heavy (non-hydrogen) atoms. The molecule has 0 amide bonds. The molecule has 2 aromatic heterocycles. The lowest BCUT2D eigenvalue weighted by Gasteiger charge is -2.38. The van der Waals surface area contributed by atoms with Crippen molar-refractivity contribution in [1.29, 1.82) is 0 Å². The molecule has 0 aliphatic carbocycles. The summed E-state index contributed by atoms with van der Waals surface area (Å²) in [6.07, 6.45) is 2.16. The number of fused-ring (bicyclic) bond motifs is 1. The fourth-order valence-electron chi connectivity index (χ4n) is 5.23. The Balaban J connectivity index is 1.10. The molecule has 4 N–H and O–H groups in total. The number of piperidine rings is 1. The van der Waals surface area contributed by atoms with E-state index in [9.17, 15) is 26.7 Å². The molecule has 2 saturated heterocycles. The van der Waals surface area contributed by atoms with E-state index in [0.29, 0.717) is 42.8 Å². The monoisotopic (exact) mass is 610 g/mol. The lowest BCUT2D eigenvalue weighted by Crippen LogP contribution is -2.47. The Morgan fingerprint density at radius 1 is 1.22 bits per heavy atom. The number of nitrogens with zero attached hydrogens (tertiary/aromatic N) is 3. The van der Waals surface area contributed by atoms with Gasteiger partial charge < -0.3 is 19.9 Å². The van der Waals surface area contributed by atoms with E-state index in [1.807, 2.05) is 0 Å². The van der Waals surface area contributed by atoms with Crippen LogP contribution in [0.15, 0.2) is 51.1 Å². The molecule has 0 radical (unpaired) electrons. The van der Waals surface area contributed by atoms with Gasteiger partial charge in [0.25, 0.3) is 0 Å². The summed E-state index contributed by atoms with van der Waals surface area (Å²) in [6, 6.07) is 7.48. The van der Waals surface area contributed by atoms with Crippen LogP contribution < -0.4 is 20.5 Å². The zero-order valence-electron chi connectivity index (χ0n) is 22.7. The SMILES string of the molecule is CNS(=O)(=O)c1cccc(OCC(O)CNC2COC3(CCN(S(=O)(=O)c4cnc5[nH]c(=O)n(C)c5c4)CC3)C2)c1. The maximum Gasteiger partial charge on any atom is 0.327 e. The van der Waals surface area contributed by atoms with E-state index >= 15 is 0 Å². The van der Waals surface area contributed by atoms with Crippen LogP contribution in [-0.4, -0.2) is 98.4 Å². The van der Waals surface area contributed by atoms with Crippen molar-refractivity contribution in [3.8, 4) is 5.75 Å². The number of aromatic nitrogens is 3. The van der Waals surface area contributed by atoms with Gasteiger partial charge in [0.15, 0.2) is 5.65 Å². The van der Waals surface area contributed by atoms with Crippen molar-refractivity contribution in [2.75, 3.05) is 39.9 Å². The molecule has 14 nitrogen and oxygen atoms in total. The highest BCUT2D eigenvalue weighted by Crippen LogP contribution is 2.37. The van der Waals surface area contributed by atoms with E-state index in [-0.39, 0.29) is 47.8 Å². The predicted octanol–water partition coefficient (Wildman–Crippen LogP) is -0.489. The van der Waals surface area contributed by atoms with Crippen molar-refractivity contribution < 1.29 is 31.4 Å². The van der Waals surface area contributed by atoms with Crippen LogP contribution in [0.4, 0.5) is 0 Å². The number of ether oxygens (including phenoxy) is 2. The number of aromatic amines is 1. The highest BCUT2D eigenvalue weighted by atomic mass is 32.2. The van der Waals surface area contributed by atoms with Crippen LogP contribution in [0, 0.1) is 0 Å². The smallest absolute Gasteiger partial charge is 0.327 e. The molecular weight excluding hydrogens is 576 g/mol. The summed E-state index contributed by atoms with van der Waals surface area (Å²) >= 11 is 0. The molecule has 0 saturated carbocycles.